The topological polar surface area (TPSA) is 67.9 Å². The molecule has 0 spiro atoms. The first kappa shape index (κ1) is 20.5. The van der Waals surface area contributed by atoms with Crippen molar-refractivity contribution in [2.45, 2.75) is 13.8 Å². The van der Waals surface area contributed by atoms with Crippen LogP contribution in [0.4, 0.5) is 0 Å². The lowest BCUT2D eigenvalue weighted by molar-refractivity contribution is -0.122. The fraction of sp³-hybridized carbons (Fsp3) is 0.227. The van der Waals surface area contributed by atoms with Crippen LogP contribution in [0.25, 0.3) is 6.08 Å². The van der Waals surface area contributed by atoms with E-state index in [1.807, 2.05) is 19.9 Å². The summed E-state index contributed by atoms with van der Waals surface area (Å²) in [7, 11) is 1.53. The molecule has 0 unspecified atom stereocenters. The van der Waals surface area contributed by atoms with Crippen molar-refractivity contribution in [2.75, 3.05) is 20.3 Å². The summed E-state index contributed by atoms with van der Waals surface area (Å²) in [6.07, 6.45) is 1.64. The monoisotopic (exact) mass is 410 g/mol. The van der Waals surface area contributed by atoms with Gasteiger partial charge in [-0.15, -0.1) is 0 Å². The van der Waals surface area contributed by atoms with Crippen LogP contribution in [0, 0.1) is 0 Å². The Morgan fingerprint density at radius 2 is 1.90 bits per heavy atom. The summed E-state index contributed by atoms with van der Waals surface area (Å²) in [5.41, 5.74) is 1.85. The number of likely N-dealkylation sites (N-methyl/N-ethyl adjacent to an activating group) is 1. The molecule has 1 aliphatic heterocycles. The zero-order chi connectivity index (χ0) is 21.0. The highest BCUT2D eigenvalue weighted by atomic mass is 32.1. The molecular weight excluding hydrogens is 388 g/mol. The molecule has 7 heteroatoms. The molecule has 0 saturated carbocycles. The molecule has 6 nitrogen and oxygen atoms in total. The molecular formula is C22H22N2O4S. The molecule has 1 aliphatic rings. The SMILES string of the molecule is CCOc1cc(OC)c(/C=C2\NC(=S)N(CC)C2=O)cc1C(=O)c1ccccc1. The smallest absolute Gasteiger partial charge is 0.276 e. The van der Waals surface area contributed by atoms with Crippen molar-refractivity contribution in [1.82, 2.24) is 10.2 Å². The van der Waals surface area contributed by atoms with E-state index in [1.54, 1.807) is 42.5 Å². The lowest BCUT2D eigenvalue weighted by Gasteiger charge is -2.14. The Hall–Kier alpha value is -3.19. The minimum absolute atomic E-state index is 0.173. The molecule has 0 atom stereocenters. The van der Waals surface area contributed by atoms with E-state index in [1.165, 1.54) is 12.0 Å². The molecule has 0 aromatic heterocycles. The van der Waals surface area contributed by atoms with Crippen molar-refractivity contribution in [2.24, 2.45) is 0 Å². The Bertz CT molecular complexity index is 986. The Morgan fingerprint density at radius 1 is 1.17 bits per heavy atom. The quantitative estimate of drug-likeness (QED) is 0.429. The van der Waals surface area contributed by atoms with E-state index in [4.69, 9.17) is 21.7 Å². The second kappa shape index (κ2) is 8.87. The number of rotatable bonds is 7. The minimum Gasteiger partial charge on any atom is -0.496 e. The molecule has 150 valence electrons. The van der Waals surface area contributed by atoms with Gasteiger partial charge in [0.2, 0.25) is 0 Å². The molecule has 1 N–H and O–H groups in total. The summed E-state index contributed by atoms with van der Waals surface area (Å²) >= 11 is 5.21. The van der Waals surface area contributed by atoms with Gasteiger partial charge in [-0.1, -0.05) is 30.3 Å². The molecule has 0 aliphatic carbocycles. The lowest BCUT2D eigenvalue weighted by atomic mass is 9.99. The number of hydrogen-bond acceptors (Lipinski definition) is 5. The highest BCUT2D eigenvalue weighted by Crippen LogP contribution is 2.33. The summed E-state index contributed by atoms with van der Waals surface area (Å²) in [5, 5.41) is 3.28. The van der Waals surface area contributed by atoms with E-state index in [0.29, 0.717) is 52.2 Å². The van der Waals surface area contributed by atoms with Gasteiger partial charge in [0.05, 0.1) is 19.3 Å². The number of carbonyl (C=O) groups excluding carboxylic acids is 2. The molecule has 1 fully saturated rings. The molecule has 2 aromatic rings. The number of methoxy groups -OCH3 is 1. The van der Waals surface area contributed by atoms with Crippen LogP contribution in [0.15, 0.2) is 48.2 Å². The first-order valence-electron chi connectivity index (χ1n) is 9.29. The van der Waals surface area contributed by atoms with Gasteiger partial charge in [-0.2, -0.15) is 0 Å². The number of carbonyl (C=O) groups is 2. The van der Waals surface area contributed by atoms with E-state index in [2.05, 4.69) is 5.32 Å². The van der Waals surface area contributed by atoms with Crippen LogP contribution in [0.1, 0.15) is 35.3 Å². The summed E-state index contributed by atoms with van der Waals surface area (Å²) in [5.74, 6) is 0.523. The van der Waals surface area contributed by atoms with Gasteiger partial charge in [-0.25, -0.2) is 0 Å². The van der Waals surface area contributed by atoms with E-state index in [-0.39, 0.29) is 11.7 Å². The fourth-order valence-corrected chi connectivity index (χ4v) is 3.40. The molecule has 0 radical (unpaired) electrons. The van der Waals surface area contributed by atoms with Crippen molar-refractivity contribution < 1.29 is 19.1 Å². The summed E-state index contributed by atoms with van der Waals surface area (Å²) in [6.45, 7) is 4.57. The van der Waals surface area contributed by atoms with Crippen molar-refractivity contribution in [3.8, 4) is 11.5 Å². The average molecular weight is 410 g/mol. The Kier molecular flexibility index (Phi) is 6.29. The Balaban J connectivity index is 2.10. The average Bonchev–Trinajstić information content (AvgIpc) is 3.01. The maximum absolute atomic E-state index is 13.1. The van der Waals surface area contributed by atoms with E-state index in [9.17, 15) is 9.59 Å². The summed E-state index contributed by atoms with van der Waals surface area (Å²) in [6, 6.07) is 12.3. The second-order valence-corrected chi connectivity index (χ2v) is 6.64. The van der Waals surface area contributed by atoms with Crippen LogP contribution in [0.3, 0.4) is 0 Å². The maximum Gasteiger partial charge on any atom is 0.276 e. The van der Waals surface area contributed by atoms with Crippen molar-refractivity contribution in [3.05, 3.63) is 64.9 Å². The third-order valence-corrected chi connectivity index (χ3v) is 4.81. The van der Waals surface area contributed by atoms with Gasteiger partial charge in [-0.05, 0) is 38.2 Å². The van der Waals surface area contributed by atoms with Crippen LogP contribution in [0.2, 0.25) is 0 Å². The van der Waals surface area contributed by atoms with E-state index < -0.39 is 0 Å². The van der Waals surface area contributed by atoms with Crippen molar-refractivity contribution in [1.29, 1.82) is 0 Å². The Labute approximate surface area is 175 Å². The van der Waals surface area contributed by atoms with Crippen LogP contribution in [0.5, 0.6) is 11.5 Å². The third-order valence-electron chi connectivity index (χ3n) is 4.49. The van der Waals surface area contributed by atoms with Crippen molar-refractivity contribution >= 4 is 35.1 Å². The second-order valence-electron chi connectivity index (χ2n) is 6.26. The standard InChI is InChI=1S/C22H22N2O4S/c1-4-24-21(26)17(23-22(24)29)12-15-11-16(19(28-5-2)13-18(15)27-3)20(25)14-9-7-6-8-10-14/h6-13H,4-5H2,1-3H3,(H,23,29)/b17-12-. The van der Waals surface area contributed by atoms with Gasteiger partial charge in [0.25, 0.3) is 5.91 Å². The maximum atomic E-state index is 13.1. The van der Waals surface area contributed by atoms with E-state index >= 15 is 0 Å². The number of ether oxygens (including phenoxy) is 2. The van der Waals surface area contributed by atoms with E-state index in [0.717, 1.165) is 0 Å². The third kappa shape index (κ3) is 4.14. The molecule has 2 aromatic carbocycles. The molecule has 0 bridgehead atoms. The number of thiocarbonyl (C=S) groups is 1. The normalized spacial score (nSPS) is 14.9. The number of benzene rings is 2. The molecule has 1 heterocycles. The predicted octanol–water partition coefficient (Wildman–Crippen LogP) is 3.40. The van der Waals surface area contributed by atoms with Gasteiger partial charge in [0.1, 0.15) is 17.2 Å². The van der Waals surface area contributed by atoms with Crippen molar-refractivity contribution in [3.63, 3.8) is 0 Å². The predicted molar refractivity (Wildman–Crippen MR) is 115 cm³/mol. The van der Waals surface area contributed by atoms with Crippen LogP contribution >= 0.6 is 12.2 Å². The fourth-order valence-electron chi connectivity index (χ4n) is 3.08. The summed E-state index contributed by atoms with van der Waals surface area (Å²) < 4.78 is 11.2. The number of nitrogens with zero attached hydrogens (tertiary/aromatic N) is 1. The number of amides is 1. The van der Waals surface area contributed by atoms with Gasteiger partial charge < -0.3 is 14.8 Å². The lowest BCUT2D eigenvalue weighted by Crippen LogP contribution is -2.30. The van der Waals surface area contributed by atoms with Crippen LogP contribution in [-0.2, 0) is 4.79 Å². The molecule has 3 rings (SSSR count). The first-order chi connectivity index (χ1) is 14.0. The van der Waals surface area contributed by atoms with Gasteiger partial charge in [0, 0.05) is 23.7 Å². The van der Waals surface area contributed by atoms with Crippen LogP contribution in [-0.4, -0.2) is 42.0 Å². The molecule has 1 saturated heterocycles. The van der Waals surface area contributed by atoms with Gasteiger partial charge >= 0.3 is 0 Å². The minimum atomic E-state index is -0.218. The van der Waals surface area contributed by atoms with Gasteiger partial charge in [0.15, 0.2) is 10.9 Å². The summed E-state index contributed by atoms with van der Waals surface area (Å²) in [4.78, 5) is 27.1. The largest absolute Gasteiger partial charge is 0.496 e. The molecule has 29 heavy (non-hydrogen) atoms. The van der Waals surface area contributed by atoms with Crippen LogP contribution < -0.4 is 14.8 Å². The first-order valence-corrected chi connectivity index (χ1v) is 9.70. The Morgan fingerprint density at radius 3 is 2.48 bits per heavy atom. The number of ketones is 1. The highest BCUT2D eigenvalue weighted by molar-refractivity contribution is 7.80. The number of nitrogens with one attached hydrogen (secondary N) is 1. The zero-order valence-electron chi connectivity index (χ0n) is 16.5. The number of hydrogen-bond donors (Lipinski definition) is 1. The highest BCUT2D eigenvalue weighted by Gasteiger charge is 2.29. The van der Waals surface area contributed by atoms with Gasteiger partial charge in [-0.3, -0.25) is 14.5 Å². The zero-order valence-corrected chi connectivity index (χ0v) is 17.3. The molecule has 1 amide bonds.